The lowest BCUT2D eigenvalue weighted by atomic mass is 10.3. The number of ether oxygens (including phenoxy) is 1. The quantitative estimate of drug-likeness (QED) is 0.881. The maximum absolute atomic E-state index is 11.6. The molecule has 0 aliphatic heterocycles. The molecule has 0 aliphatic carbocycles. The SMILES string of the molecule is COC(=O)c1cc(N)cn1Cc1cncc(Br)c1. The van der Waals surface area contributed by atoms with Gasteiger partial charge >= 0.3 is 5.97 Å². The standard InChI is InChI=1S/C12H12BrN3O2/c1-18-12(17)11-3-10(14)7-16(11)6-8-2-9(13)5-15-4-8/h2-5,7H,6,14H2,1H3. The highest BCUT2D eigenvalue weighted by Crippen LogP contribution is 2.16. The molecule has 0 atom stereocenters. The Kier molecular flexibility index (Phi) is 3.66. The monoisotopic (exact) mass is 309 g/mol. The van der Waals surface area contributed by atoms with E-state index in [-0.39, 0.29) is 0 Å². The predicted octanol–water partition coefficient (Wildman–Crippen LogP) is 2.06. The van der Waals surface area contributed by atoms with Crippen molar-refractivity contribution in [2.24, 2.45) is 0 Å². The minimum atomic E-state index is -0.408. The molecule has 2 rings (SSSR count). The zero-order valence-corrected chi connectivity index (χ0v) is 11.3. The number of nitrogens with zero attached hydrogens (tertiary/aromatic N) is 2. The van der Waals surface area contributed by atoms with Crippen LogP contribution in [0, 0.1) is 0 Å². The molecule has 6 heteroatoms. The van der Waals surface area contributed by atoms with Gasteiger partial charge in [0, 0.05) is 29.6 Å². The first kappa shape index (κ1) is 12.6. The molecule has 5 nitrogen and oxygen atoms in total. The van der Waals surface area contributed by atoms with Crippen molar-refractivity contribution in [3.63, 3.8) is 0 Å². The highest BCUT2D eigenvalue weighted by molar-refractivity contribution is 9.10. The van der Waals surface area contributed by atoms with Gasteiger partial charge in [-0.05, 0) is 33.6 Å². The molecule has 0 bridgehead atoms. The molecule has 2 aromatic rings. The number of nitrogens with two attached hydrogens (primary N) is 1. The van der Waals surface area contributed by atoms with Crippen LogP contribution in [0.3, 0.4) is 0 Å². The molecule has 0 unspecified atom stereocenters. The molecule has 94 valence electrons. The van der Waals surface area contributed by atoms with Crippen molar-refractivity contribution in [3.05, 3.63) is 46.5 Å². The second-order valence-electron chi connectivity index (χ2n) is 3.79. The van der Waals surface area contributed by atoms with E-state index in [9.17, 15) is 4.79 Å². The number of rotatable bonds is 3. The average Bonchev–Trinajstić information content (AvgIpc) is 2.69. The van der Waals surface area contributed by atoms with E-state index in [0.29, 0.717) is 17.9 Å². The lowest BCUT2D eigenvalue weighted by Gasteiger charge is -2.07. The number of methoxy groups -OCH3 is 1. The van der Waals surface area contributed by atoms with E-state index < -0.39 is 5.97 Å². The summed E-state index contributed by atoms with van der Waals surface area (Å²) >= 11 is 3.35. The molecular weight excluding hydrogens is 298 g/mol. The number of hydrogen-bond acceptors (Lipinski definition) is 4. The molecule has 2 aromatic heterocycles. The van der Waals surface area contributed by atoms with Crippen LogP contribution in [0.25, 0.3) is 0 Å². The molecule has 0 spiro atoms. The van der Waals surface area contributed by atoms with E-state index in [1.54, 1.807) is 29.2 Å². The van der Waals surface area contributed by atoms with Gasteiger partial charge in [0.1, 0.15) is 5.69 Å². The number of esters is 1. The van der Waals surface area contributed by atoms with Gasteiger partial charge in [-0.15, -0.1) is 0 Å². The molecule has 2 heterocycles. The minimum Gasteiger partial charge on any atom is -0.464 e. The van der Waals surface area contributed by atoms with Crippen LogP contribution < -0.4 is 5.73 Å². The van der Waals surface area contributed by atoms with Crippen LogP contribution in [0.2, 0.25) is 0 Å². The zero-order valence-electron chi connectivity index (χ0n) is 9.76. The van der Waals surface area contributed by atoms with E-state index in [4.69, 9.17) is 10.5 Å². The van der Waals surface area contributed by atoms with Gasteiger partial charge < -0.3 is 15.0 Å². The van der Waals surface area contributed by atoms with Crippen molar-refractivity contribution >= 4 is 27.6 Å². The number of hydrogen-bond donors (Lipinski definition) is 1. The molecule has 0 fully saturated rings. The Morgan fingerprint density at radius 1 is 1.50 bits per heavy atom. The Hall–Kier alpha value is -1.82. The molecular formula is C12H12BrN3O2. The summed E-state index contributed by atoms with van der Waals surface area (Å²) in [5.74, 6) is -0.408. The van der Waals surface area contributed by atoms with Gasteiger partial charge in [-0.3, -0.25) is 4.98 Å². The number of anilines is 1. The van der Waals surface area contributed by atoms with Crippen molar-refractivity contribution in [1.29, 1.82) is 0 Å². The summed E-state index contributed by atoms with van der Waals surface area (Å²) in [5, 5.41) is 0. The Labute approximate surface area is 113 Å². The lowest BCUT2D eigenvalue weighted by molar-refractivity contribution is 0.0589. The minimum absolute atomic E-state index is 0.408. The third kappa shape index (κ3) is 2.70. The van der Waals surface area contributed by atoms with E-state index in [2.05, 4.69) is 20.9 Å². The van der Waals surface area contributed by atoms with Gasteiger partial charge in [-0.1, -0.05) is 0 Å². The summed E-state index contributed by atoms with van der Waals surface area (Å²) in [5.41, 5.74) is 7.62. The fraction of sp³-hybridized carbons (Fsp3) is 0.167. The number of nitrogen functional groups attached to an aromatic ring is 1. The summed E-state index contributed by atoms with van der Waals surface area (Å²) < 4.78 is 7.34. The molecule has 0 saturated carbocycles. The average molecular weight is 310 g/mol. The smallest absolute Gasteiger partial charge is 0.354 e. The zero-order chi connectivity index (χ0) is 13.1. The van der Waals surface area contributed by atoms with Crippen LogP contribution in [0.1, 0.15) is 16.1 Å². The maximum atomic E-state index is 11.6. The van der Waals surface area contributed by atoms with Crippen molar-refractivity contribution in [2.75, 3.05) is 12.8 Å². The van der Waals surface area contributed by atoms with Crippen LogP contribution in [0.15, 0.2) is 35.2 Å². The first-order valence-electron chi connectivity index (χ1n) is 5.23. The summed E-state index contributed by atoms with van der Waals surface area (Å²) in [7, 11) is 1.34. The van der Waals surface area contributed by atoms with Crippen LogP contribution in [0.5, 0.6) is 0 Å². The largest absolute Gasteiger partial charge is 0.464 e. The number of pyridine rings is 1. The highest BCUT2D eigenvalue weighted by Gasteiger charge is 2.13. The predicted molar refractivity (Wildman–Crippen MR) is 71.2 cm³/mol. The van der Waals surface area contributed by atoms with Crippen molar-refractivity contribution < 1.29 is 9.53 Å². The third-order valence-corrected chi connectivity index (χ3v) is 2.86. The second kappa shape index (κ2) is 5.22. The highest BCUT2D eigenvalue weighted by atomic mass is 79.9. The van der Waals surface area contributed by atoms with Crippen LogP contribution in [-0.2, 0) is 11.3 Å². The second-order valence-corrected chi connectivity index (χ2v) is 4.71. The van der Waals surface area contributed by atoms with E-state index >= 15 is 0 Å². The number of aromatic nitrogens is 2. The fourth-order valence-corrected chi connectivity index (χ4v) is 2.09. The van der Waals surface area contributed by atoms with Crippen LogP contribution >= 0.6 is 15.9 Å². The van der Waals surface area contributed by atoms with Crippen molar-refractivity contribution in [3.8, 4) is 0 Å². The molecule has 0 amide bonds. The topological polar surface area (TPSA) is 70.1 Å². The van der Waals surface area contributed by atoms with Crippen LogP contribution in [-0.4, -0.2) is 22.6 Å². The molecule has 0 aromatic carbocycles. The first-order valence-corrected chi connectivity index (χ1v) is 6.03. The molecule has 0 radical (unpaired) electrons. The molecule has 2 N–H and O–H groups in total. The normalized spacial score (nSPS) is 10.3. The van der Waals surface area contributed by atoms with Crippen molar-refractivity contribution in [2.45, 2.75) is 6.54 Å². The van der Waals surface area contributed by atoms with E-state index in [1.165, 1.54) is 7.11 Å². The molecule has 18 heavy (non-hydrogen) atoms. The van der Waals surface area contributed by atoms with E-state index in [1.807, 2.05) is 6.07 Å². The Bertz CT molecular complexity index is 580. The van der Waals surface area contributed by atoms with Gasteiger partial charge in [0.15, 0.2) is 0 Å². The lowest BCUT2D eigenvalue weighted by Crippen LogP contribution is -2.10. The van der Waals surface area contributed by atoms with Gasteiger partial charge in [0.05, 0.1) is 12.8 Å². The Morgan fingerprint density at radius 2 is 2.28 bits per heavy atom. The Balaban J connectivity index is 2.31. The Morgan fingerprint density at radius 3 is 2.94 bits per heavy atom. The molecule has 0 saturated heterocycles. The number of carbonyl (C=O) groups is 1. The van der Waals surface area contributed by atoms with Gasteiger partial charge in [0.25, 0.3) is 0 Å². The summed E-state index contributed by atoms with van der Waals surface area (Å²) in [4.78, 5) is 15.7. The van der Waals surface area contributed by atoms with Crippen LogP contribution in [0.4, 0.5) is 5.69 Å². The van der Waals surface area contributed by atoms with Gasteiger partial charge in [-0.2, -0.15) is 0 Å². The summed E-state index contributed by atoms with van der Waals surface area (Å²) in [6.07, 6.45) is 5.14. The number of carbonyl (C=O) groups excluding carboxylic acids is 1. The van der Waals surface area contributed by atoms with E-state index in [0.717, 1.165) is 10.0 Å². The van der Waals surface area contributed by atoms with Crippen molar-refractivity contribution in [1.82, 2.24) is 9.55 Å². The first-order chi connectivity index (χ1) is 8.60. The maximum Gasteiger partial charge on any atom is 0.354 e. The molecule has 0 aliphatic rings. The van der Waals surface area contributed by atoms with Gasteiger partial charge in [-0.25, -0.2) is 4.79 Å². The van der Waals surface area contributed by atoms with Gasteiger partial charge in [0.2, 0.25) is 0 Å². The summed E-state index contributed by atoms with van der Waals surface area (Å²) in [6.45, 7) is 0.508. The fourth-order valence-electron chi connectivity index (χ4n) is 1.68. The third-order valence-electron chi connectivity index (χ3n) is 2.43. The number of halogens is 1. The summed E-state index contributed by atoms with van der Waals surface area (Å²) in [6, 6.07) is 3.53.